The quantitative estimate of drug-likeness (QED) is 0.597. The molecule has 7 heteroatoms. The molecule has 2 amide bonds. The van der Waals surface area contributed by atoms with Crippen molar-refractivity contribution in [3.05, 3.63) is 59.7 Å². The van der Waals surface area contributed by atoms with Crippen molar-refractivity contribution in [1.82, 2.24) is 5.32 Å². The number of carbonyl (C=O) groups excluding carboxylic acids is 2. The molecule has 2 aromatic carbocycles. The second-order valence-electron chi connectivity index (χ2n) is 5.98. The van der Waals surface area contributed by atoms with Crippen LogP contribution in [0.4, 0.5) is 14.5 Å². The number of fused-ring (bicyclic) bond motifs is 1. The van der Waals surface area contributed by atoms with Crippen LogP contribution < -0.4 is 10.6 Å². The van der Waals surface area contributed by atoms with Crippen LogP contribution in [0.1, 0.15) is 24.3 Å². The number of hydrogen-bond acceptors (Lipinski definition) is 3. The van der Waals surface area contributed by atoms with E-state index in [0.717, 1.165) is 17.1 Å². The summed E-state index contributed by atoms with van der Waals surface area (Å²) in [5, 5.41) is 5.43. The van der Waals surface area contributed by atoms with Gasteiger partial charge in [0.25, 0.3) is 0 Å². The van der Waals surface area contributed by atoms with E-state index in [0.29, 0.717) is 17.8 Å². The number of benzene rings is 2. The fourth-order valence-electron chi connectivity index (χ4n) is 2.80. The number of nitrogens with one attached hydrogen (secondary N) is 2. The maximum atomic E-state index is 13.3. The van der Waals surface area contributed by atoms with Crippen molar-refractivity contribution in [2.45, 2.75) is 23.7 Å². The smallest absolute Gasteiger partial charge is 0.228 e. The summed E-state index contributed by atoms with van der Waals surface area (Å²) in [6.45, 7) is 0.474. The molecule has 1 atom stereocenters. The molecule has 0 fully saturated rings. The van der Waals surface area contributed by atoms with Crippen LogP contribution in [0.5, 0.6) is 0 Å². The largest absolute Gasteiger partial charge is 0.356 e. The second kappa shape index (κ2) is 8.31. The van der Waals surface area contributed by atoms with E-state index >= 15 is 0 Å². The molecule has 1 aliphatic heterocycles. The molecular formula is C19H18F2N2O2S. The topological polar surface area (TPSA) is 58.2 Å². The number of amides is 2. The number of rotatable bonds is 6. The van der Waals surface area contributed by atoms with Gasteiger partial charge >= 0.3 is 0 Å². The van der Waals surface area contributed by atoms with Crippen LogP contribution in [0.15, 0.2) is 47.4 Å². The Balaban J connectivity index is 1.49. The van der Waals surface area contributed by atoms with E-state index in [4.69, 9.17) is 0 Å². The van der Waals surface area contributed by atoms with Crippen molar-refractivity contribution in [2.75, 3.05) is 17.6 Å². The van der Waals surface area contributed by atoms with Crippen molar-refractivity contribution in [3.63, 3.8) is 0 Å². The normalized spacial score (nSPS) is 15.9. The van der Waals surface area contributed by atoms with Crippen molar-refractivity contribution < 1.29 is 18.4 Å². The van der Waals surface area contributed by atoms with E-state index < -0.39 is 11.7 Å². The monoisotopic (exact) mass is 376 g/mol. The zero-order chi connectivity index (χ0) is 18.5. The minimum Gasteiger partial charge on any atom is -0.356 e. The molecule has 26 heavy (non-hydrogen) atoms. The van der Waals surface area contributed by atoms with E-state index in [1.54, 1.807) is 30.0 Å². The summed E-state index contributed by atoms with van der Waals surface area (Å²) in [6, 6.07) is 10.3. The molecule has 0 radical (unpaired) electrons. The number of carbonyl (C=O) groups is 2. The number of thioether (sulfide) groups is 1. The van der Waals surface area contributed by atoms with E-state index in [9.17, 15) is 18.4 Å². The first-order valence-electron chi connectivity index (χ1n) is 8.28. The van der Waals surface area contributed by atoms with Crippen LogP contribution >= 0.6 is 11.8 Å². The van der Waals surface area contributed by atoms with Gasteiger partial charge in [0, 0.05) is 23.5 Å². The Bertz CT molecular complexity index is 812. The lowest BCUT2D eigenvalue weighted by atomic mass is 9.89. The van der Waals surface area contributed by atoms with E-state index in [1.807, 2.05) is 0 Å². The standard InChI is InChI=1S/C19H18F2N2O2S/c20-12-2-5-14(6-3-12)26-9-1-8-22-19(25)16-11-18(24)23-17-10-13(21)4-7-15(16)17/h2-7,10,16H,1,8-9,11H2,(H,22,25)(H,23,24)/t16-/m1/s1. The predicted octanol–water partition coefficient (Wildman–Crippen LogP) is 3.69. The second-order valence-corrected chi connectivity index (χ2v) is 7.15. The van der Waals surface area contributed by atoms with Crippen LogP contribution in [0.3, 0.4) is 0 Å². The Kier molecular flexibility index (Phi) is 5.88. The summed E-state index contributed by atoms with van der Waals surface area (Å²) in [5.41, 5.74) is 0.984. The molecule has 4 nitrogen and oxygen atoms in total. The molecule has 2 aromatic rings. The Morgan fingerprint density at radius 3 is 2.65 bits per heavy atom. The summed E-state index contributed by atoms with van der Waals surface area (Å²) in [7, 11) is 0. The van der Waals surface area contributed by atoms with Crippen molar-refractivity contribution in [1.29, 1.82) is 0 Å². The lowest BCUT2D eigenvalue weighted by Crippen LogP contribution is -2.35. The van der Waals surface area contributed by atoms with Gasteiger partial charge < -0.3 is 10.6 Å². The molecular weight excluding hydrogens is 358 g/mol. The third kappa shape index (κ3) is 4.60. The van der Waals surface area contributed by atoms with Gasteiger partial charge in [-0.15, -0.1) is 11.8 Å². The predicted molar refractivity (Wildman–Crippen MR) is 97.1 cm³/mol. The maximum absolute atomic E-state index is 13.3. The third-order valence-corrected chi connectivity index (χ3v) is 5.17. The van der Waals surface area contributed by atoms with Crippen LogP contribution in [0, 0.1) is 11.6 Å². The summed E-state index contributed by atoms with van der Waals surface area (Å²) < 4.78 is 26.2. The fraction of sp³-hybridized carbons (Fsp3) is 0.263. The van der Waals surface area contributed by atoms with Gasteiger partial charge in [-0.25, -0.2) is 8.78 Å². The summed E-state index contributed by atoms with van der Waals surface area (Å²) in [6.07, 6.45) is 0.789. The molecule has 0 aliphatic carbocycles. The van der Waals surface area contributed by atoms with Gasteiger partial charge in [0.1, 0.15) is 11.6 Å². The van der Waals surface area contributed by atoms with Crippen molar-refractivity contribution in [2.24, 2.45) is 0 Å². The first-order valence-corrected chi connectivity index (χ1v) is 9.27. The number of hydrogen-bond donors (Lipinski definition) is 2. The molecule has 2 N–H and O–H groups in total. The maximum Gasteiger partial charge on any atom is 0.228 e. The average molecular weight is 376 g/mol. The van der Waals surface area contributed by atoms with Gasteiger partial charge in [-0.2, -0.15) is 0 Å². The van der Waals surface area contributed by atoms with Gasteiger partial charge in [0.2, 0.25) is 11.8 Å². The highest BCUT2D eigenvalue weighted by Gasteiger charge is 2.30. The molecule has 0 bridgehead atoms. The number of halogens is 2. The van der Waals surface area contributed by atoms with E-state index in [-0.39, 0.29) is 24.1 Å². The third-order valence-electron chi connectivity index (χ3n) is 4.07. The molecule has 1 heterocycles. The lowest BCUT2D eigenvalue weighted by Gasteiger charge is -2.24. The first-order chi connectivity index (χ1) is 12.5. The van der Waals surface area contributed by atoms with Crippen molar-refractivity contribution >= 4 is 29.3 Å². The van der Waals surface area contributed by atoms with Gasteiger partial charge in [-0.1, -0.05) is 6.07 Å². The molecule has 0 saturated carbocycles. The first kappa shape index (κ1) is 18.4. The fourth-order valence-corrected chi connectivity index (χ4v) is 3.65. The summed E-state index contributed by atoms with van der Waals surface area (Å²) >= 11 is 1.58. The Morgan fingerprint density at radius 2 is 1.88 bits per heavy atom. The van der Waals surface area contributed by atoms with Gasteiger partial charge in [0.15, 0.2) is 0 Å². The summed E-state index contributed by atoms with van der Waals surface area (Å²) in [4.78, 5) is 25.2. The Labute approximate surface area is 154 Å². The molecule has 136 valence electrons. The van der Waals surface area contributed by atoms with Crippen LogP contribution in [0.25, 0.3) is 0 Å². The minimum absolute atomic E-state index is 0.0504. The molecule has 1 aliphatic rings. The van der Waals surface area contributed by atoms with Crippen LogP contribution in [-0.4, -0.2) is 24.1 Å². The molecule has 0 unspecified atom stereocenters. The zero-order valence-corrected chi connectivity index (χ0v) is 14.7. The minimum atomic E-state index is -0.607. The average Bonchev–Trinajstić information content (AvgIpc) is 2.61. The summed E-state index contributed by atoms with van der Waals surface area (Å²) in [5.74, 6) is -1.08. The molecule has 0 saturated heterocycles. The van der Waals surface area contributed by atoms with Crippen LogP contribution in [-0.2, 0) is 9.59 Å². The molecule has 3 rings (SSSR count). The van der Waals surface area contributed by atoms with Gasteiger partial charge in [0.05, 0.1) is 5.92 Å². The van der Waals surface area contributed by atoms with Crippen LogP contribution in [0.2, 0.25) is 0 Å². The molecule has 0 aromatic heterocycles. The highest BCUT2D eigenvalue weighted by molar-refractivity contribution is 7.99. The Hall–Kier alpha value is -2.41. The Morgan fingerprint density at radius 1 is 1.15 bits per heavy atom. The number of anilines is 1. The van der Waals surface area contributed by atoms with E-state index in [1.165, 1.54) is 24.3 Å². The zero-order valence-electron chi connectivity index (χ0n) is 13.9. The SMILES string of the molecule is O=C1C[C@@H](C(=O)NCCCSc2ccc(F)cc2)c2ccc(F)cc2N1. The van der Waals surface area contributed by atoms with Crippen molar-refractivity contribution in [3.8, 4) is 0 Å². The van der Waals surface area contributed by atoms with Gasteiger partial charge in [-0.3, -0.25) is 9.59 Å². The lowest BCUT2D eigenvalue weighted by molar-refractivity contribution is -0.126. The molecule has 0 spiro atoms. The van der Waals surface area contributed by atoms with E-state index in [2.05, 4.69) is 10.6 Å². The van der Waals surface area contributed by atoms with Gasteiger partial charge in [-0.05, 0) is 54.1 Å². The highest BCUT2D eigenvalue weighted by atomic mass is 32.2. The highest BCUT2D eigenvalue weighted by Crippen LogP contribution is 2.32.